The second kappa shape index (κ2) is 5.10. The van der Waals surface area contributed by atoms with Gasteiger partial charge in [0.05, 0.1) is 6.10 Å². The maximum Gasteiger partial charge on any atom is 0.0543 e. The Morgan fingerprint density at radius 3 is 2.68 bits per heavy atom. The van der Waals surface area contributed by atoms with Gasteiger partial charge in [0.15, 0.2) is 0 Å². The predicted molar refractivity (Wildman–Crippen MR) is 91.5 cm³/mol. The topological polar surface area (TPSA) is 20.2 Å². The third kappa shape index (κ3) is 1.93. The molecular formula is C21H34O. The molecule has 0 radical (unpaired) electrons. The Morgan fingerprint density at radius 1 is 1.09 bits per heavy atom. The molecule has 0 aromatic carbocycles. The average molecular weight is 303 g/mol. The fourth-order valence-electron chi connectivity index (χ4n) is 7.44. The zero-order chi connectivity index (χ0) is 15.5. The van der Waals surface area contributed by atoms with E-state index in [0.717, 1.165) is 36.5 Å². The van der Waals surface area contributed by atoms with E-state index in [9.17, 15) is 5.11 Å². The molecule has 0 aromatic rings. The molecule has 7 unspecified atom stereocenters. The van der Waals surface area contributed by atoms with Crippen LogP contribution in [0, 0.1) is 34.5 Å². The number of hydrogen-bond donors (Lipinski definition) is 1. The van der Waals surface area contributed by atoms with Crippen molar-refractivity contribution in [2.75, 3.05) is 0 Å². The van der Waals surface area contributed by atoms with Crippen LogP contribution >= 0.6 is 0 Å². The molecule has 7 atom stereocenters. The maximum atomic E-state index is 10.1. The van der Waals surface area contributed by atoms with Crippen molar-refractivity contribution in [3.8, 4) is 0 Å². The van der Waals surface area contributed by atoms with Gasteiger partial charge in [0.2, 0.25) is 0 Å². The summed E-state index contributed by atoms with van der Waals surface area (Å²) in [5.41, 5.74) is 2.81. The monoisotopic (exact) mass is 302 g/mol. The third-order valence-corrected chi connectivity index (χ3v) is 8.76. The first-order valence-electron chi connectivity index (χ1n) is 9.86. The molecule has 22 heavy (non-hydrogen) atoms. The van der Waals surface area contributed by atoms with Crippen molar-refractivity contribution in [3.63, 3.8) is 0 Å². The number of aliphatic hydroxyl groups is 1. The number of allylic oxidation sites excluding steroid dienone is 2. The quantitative estimate of drug-likeness (QED) is 0.648. The largest absolute Gasteiger partial charge is 0.393 e. The Morgan fingerprint density at radius 2 is 1.91 bits per heavy atom. The second-order valence-electron chi connectivity index (χ2n) is 9.36. The molecule has 3 fully saturated rings. The van der Waals surface area contributed by atoms with E-state index < -0.39 is 0 Å². The molecule has 0 aromatic heterocycles. The van der Waals surface area contributed by atoms with Crippen molar-refractivity contribution in [1.82, 2.24) is 0 Å². The summed E-state index contributed by atoms with van der Waals surface area (Å²) in [7, 11) is 0. The molecular weight excluding hydrogens is 268 g/mol. The van der Waals surface area contributed by atoms with Crippen molar-refractivity contribution in [2.24, 2.45) is 34.5 Å². The van der Waals surface area contributed by atoms with Gasteiger partial charge in [-0.25, -0.2) is 0 Å². The Labute approximate surface area is 136 Å². The molecule has 0 heterocycles. The van der Waals surface area contributed by atoms with Crippen molar-refractivity contribution in [3.05, 3.63) is 11.6 Å². The number of rotatable bonds is 1. The molecule has 1 nitrogen and oxygen atoms in total. The zero-order valence-electron chi connectivity index (χ0n) is 14.8. The highest BCUT2D eigenvalue weighted by molar-refractivity contribution is 5.25. The normalized spacial score (nSPS) is 54.2. The Kier molecular flexibility index (Phi) is 3.53. The first-order chi connectivity index (χ1) is 10.5. The molecule has 0 amide bonds. The lowest BCUT2D eigenvalue weighted by Crippen LogP contribution is -2.53. The van der Waals surface area contributed by atoms with E-state index in [1.807, 2.05) is 0 Å². The van der Waals surface area contributed by atoms with Crippen LogP contribution in [0.5, 0.6) is 0 Å². The summed E-state index contributed by atoms with van der Waals surface area (Å²) < 4.78 is 0. The fourth-order valence-corrected chi connectivity index (χ4v) is 7.44. The smallest absolute Gasteiger partial charge is 0.0543 e. The van der Waals surface area contributed by atoms with Crippen molar-refractivity contribution in [2.45, 2.75) is 84.7 Å². The molecule has 3 saturated carbocycles. The van der Waals surface area contributed by atoms with Crippen molar-refractivity contribution >= 4 is 0 Å². The first-order valence-corrected chi connectivity index (χ1v) is 9.86. The van der Waals surface area contributed by atoms with Crippen molar-refractivity contribution < 1.29 is 5.11 Å². The molecule has 4 rings (SSSR count). The van der Waals surface area contributed by atoms with E-state index in [2.05, 4.69) is 26.8 Å². The highest BCUT2D eigenvalue weighted by atomic mass is 16.3. The van der Waals surface area contributed by atoms with Gasteiger partial charge in [-0.3, -0.25) is 0 Å². The first kappa shape index (κ1) is 15.2. The van der Waals surface area contributed by atoms with Gasteiger partial charge >= 0.3 is 0 Å². The zero-order valence-corrected chi connectivity index (χ0v) is 14.8. The number of fused-ring (bicyclic) bond motifs is 5. The highest BCUT2D eigenvalue weighted by Gasteiger charge is 2.58. The summed E-state index contributed by atoms with van der Waals surface area (Å²) >= 11 is 0. The van der Waals surface area contributed by atoms with Gasteiger partial charge < -0.3 is 5.11 Å². The molecule has 4 aliphatic carbocycles. The molecule has 0 bridgehead atoms. The summed E-state index contributed by atoms with van der Waals surface area (Å²) in [4.78, 5) is 0. The Balaban J connectivity index is 1.61. The minimum absolute atomic E-state index is 0.0108. The van der Waals surface area contributed by atoms with Crippen LogP contribution in [0.2, 0.25) is 0 Å². The number of aliphatic hydroxyl groups excluding tert-OH is 1. The Hall–Kier alpha value is -0.300. The van der Waals surface area contributed by atoms with Crippen LogP contribution in [0.4, 0.5) is 0 Å². The Bertz CT molecular complexity index is 480. The van der Waals surface area contributed by atoms with Gasteiger partial charge in [0, 0.05) is 0 Å². The van der Waals surface area contributed by atoms with Gasteiger partial charge in [0.25, 0.3) is 0 Å². The summed E-state index contributed by atoms with van der Waals surface area (Å²) in [5.74, 6) is 3.60. The lowest BCUT2D eigenvalue weighted by molar-refractivity contribution is -0.118. The predicted octanol–water partition coefficient (Wildman–Crippen LogP) is 5.34. The highest BCUT2D eigenvalue weighted by Crippen LogP contribution is 2.66. The van der Waals surface area contributed by atoms with E-state index in [4.69, 9.17) is 0 Å². The van der Waals surface area contributed by atoms with E-state index in [-0.39, 0.29) is 6.10 Å². The van der Waals surface area contributed by atoms with Gasteiger partial charge in [-0.05, 0) is 92.3 Å². The fraction of sp³-hybridized carbons (Fsp3) is 0.905. The SMILES string of the molecule is CCC1=CCC2C3CCC4CC(O)CCC4(C)C3CCC12C. The number of hydrogen-bond acceptors (Lipinski definition) is 1. The van der Waals surface area contributed by atoms with E-state index in [0.29, 0.717) is 10.8 Å². The van der Waals surface area contributed by atoms with Gasteiger partial charge in [-0.2, -0.15) is 0 Å². The lowest BCUT2D eigenvalue weighted by atomic mass is 9.44. The third-order valence-electron chi connectivity index (χ3n) is 8.76. The minimum atomic E-state index is -0.0108. The molecule has 4 aliphatic rings. The van der Waals surface area contributed by atoms with Crippen LogP contribution in [-0.4, -0.2) is 11.2 Å². The standard InChI is InChI=1S/C21H34O/c1-4-14-6-8-18-17-7-5-15-13-16(22)9-11-21(15,3)19(17)10-12-20(14,18)2/h6,15-19,22H,4-5,7-13H2,1-3H3. The molecule has 124 valence electrons. The summed E-state index contributed by atoms with van der Waals surface area (Å²) in [6.07, 6.45) is 14.3. The van der Waals surface area contributed by atoms with Crippen LogP contribution in [-0.2, 0) is 0 Å². The van der Waals surface area contributed by atoms with E-state index in [1.54, 1.807) is 5.57 Å². The summed E-state index contributed by atoms with van der Waals surface area (Å²) in [6.45, 7) is 7.52. The van der Waals surface area contributed by atoms with E-state index in [1.165, 1.54) is 44.9 Å². The average Bonchev–Trinajstić information content (AvgIpc) is 2.84. The van der Waals surface area contributed by atoms with Gasteiger partial charge in [-0.1, -0.05) is 32.4 Å². The minimum Gasteiger partial charge on any atom is -0.393 e. The van der Waals surface area contributed by atoms with Crippen LogP contribution in [0.25, 0.3) is 0 Å². The van der Waals surface area contributed by atoms with Crippen LogP contribution in [0.15, 0.2) is 11.6 Å². The molecule has 0 saturated heterocycles. The van der Waals surface area contributed by atoms with E-state index >= 15 is 0 Å². The van der Waals surface area contributed by atoms with Gasteiger partial charge in [0.1, 0.15) is 0 Å². The summed E-state index contributed by atoms with van der Waals surface area (Å²) in [6, 6.07) is 0. The van der Waals surface area contributed by atoms with Gasteiger partial charge in [-0.15, -0.1) is 0 Å². The molecule has 1 N–H and O–H groups in total. The van der Waals surface area contributed by atoms with Crippen molar-refractivity contribution in [1.29, 1.82) is 0 Å². The summed E-state index contributed by atoms with van der Waals surface area (Å²) in [5, 5.41) is 10.1. The van der Waals surface area contributed by atoms with Crippen LogP contribution < -0.4 is 0 Å². The maximum absolute atomic E-state index is 10.1. The second-order valence-corrected chi connectivity index (χ2v) is 9.36. The molecule has 0 aliphatic heterocycles. The molecule has 0 spiro atoms. The van der Waals surface area contributed by atoms with Crippen LogP contribution in [0.1, 0.15) is 78.6 Å². The van der Waals surface area contributed by atoms with Crippen LogP contribution in [0.3, 0.4) is 0 Å². The molecule has 1 heteroatoms. The lowest BCUT2D eigenvalue weighted by Gasteiger charge is -2.60.